The normalized spacial score (nSPS) is 39.4. The van der Waals surface area contributed by atoms with Crippen molar-refractivity contribution >= 4 is 11.8 Å². The number of nitrogens with one attached hydrogen (secondary N) is 1. The first-order valence-electron chi connectivity index (χ1n) is 7.22. The molecule has 1 N–H and O–H groups in total. The van der Waals surface area contributed by atoms with E-state index in [0.29, 0.717) is 4.75 Å². The first-order chi connectivity index (χ1) is 8.21. The van der Waals surface area contributed by atoms with Crippen LogP contribution in [0.25, 0.3) is 0 Å². The van der Waals surface area contributed by atoms with Gasteiger partial charge in [-0.05, 0) is 51.8 Å². The lowest BCUT2D eigenvalue weighted by molar-refractivity contribution is 0.139. The fourth-order valence-corrected chi connectivity index (χ4v) is 5.00. The van der Waals surface area contributed by atoms with Gasteiger partial charge in [0, 0.05) is 29.4 Å². The molecular weight excluding hydrogens is 228 g/mol. The average molecular weight is 254 g/mol. The van der Waals surface area contributed by atoms with Gasteiger partial charge in [0.05, 0.1) is 0 Å². The Morgan fingerprint density at radius 2 is 1.88 bits per heavy atom. The van der Waals surface area contributed by atoms with E-state index in [2.05, 4.69) is 35.3 Å². The van der Waals surface area contributed by atoms with Gasteiger partial charge in [-0.1, -0.05) is 6.42 Å². The maximum absolute atomic E-state index is 3.75. The standard InChI is InChI=1S/C14H26N2S/c1-16(10-14(17-2)6-3-7-14)13-8-11-4-5-12(9-13)15-11/h11-13,15H,3-10H2,1-2H3. The summed E-state index contributed by atoms with van der Waals surface area (Å²) < 4.78 is 0.610. The van der Waals surface area contributed by atoms with Gasteiger partial charge in [0.25, 0.3) is 0 Å². The van der Waals surface area contributed by atoms with E-state index < -0.39 is 0 Å². The summed E-state index contributed by atoms with van der Waals surface area (Å²) >= 11 is 2.11. The van der Waals surface area contributed by atoms with Crippen molar-refractivity contribution in [3.05, 3.63) is 0 Å². The number of thioether (sulfide) groups is 1. The van der Waals surface area contributed by atoms with Gasteiger partial charge in [0.15, 0.2) is 0 Å². The Kier molecular flexibility index (Phi) is 3.44. The average Bonchev–Trinajstić information content (AvgIpc) is 2.62. The van der Waals surface area contributed by atoms with Crippen molar-refractivity contribution in [2.45, 2.75) is 67.8 Å². The monoisotopic (exact) mass is 254 g/mol. The van der Waals surface area contributed by atoms with E-state index in [-0.39, 0.29) is 0 Å². The van der Waals surface area contributed by atoms with Crippen LogP contribution in [0.15, 0.2) is 0 Å². The third-order valence-corrected chi connectivity index (χ3v) is 6.71. The molecule has 2 nitrogen and oxygen atoms in total. The molecule has 0 aromatic rings. The van der Waals surface area contributed by atoms with E-state index in [1.807, 2.05) is 0 Å². The smallest absolute Gasteiger partial charge is 0.0284 e. The van der Waals surface area contributed by atoms with E-state index in [9.17, 15) is 0 Å². The van der Waals surface area contributed by atoms with Crippen LogP contribution in [0, 0.1) is 0 Å². The van der Waals surface area contributed by atoms with E-state index in [1.54, 1.807) is 0 Å². The first-order valence-corrected chi connectivity index (χ1v) is 8.45. The van der Waals surface area contributed by atoms with Gasteiger partial charge in [-0.25, -0.2) is 0 Å². The molecule has 1 aliphatic carbocycles. The number of rotatable bonds is 4. The minimum absolute atomic E-state index is 0.610. The van der Waals surface area contributed by atoms with Crippen molar-refractivity contribution in [3.63, 3.8) is 0 Å². The Hall–Kier alpha value is 0.270. The summed E-state index contributed by atoms with van der Waals surface area (Å²) in [7, 11) is 2.37. The van der Waals surface area contributed by atoms with Gasteiger partial charge in [0.1, 0.15) is 0 Å². The van der Waals surface area contributed by atoms with Crippen molar-refractivity contribution in [2.24, 2.45) is 0 Å². The van der Waals surface area contributed by atoms with Crippen molar-refractivity contribution in [1.82, 2.24) is 10.2 Å². The van der Waals surface area contributed by atoms with Crippen LogP contribution in [0.5, 0.6) is 0 Å². The molecule has 3 rings (SSSR count). The highest BCUT2D eigenvalue weighted by Gasteiger charge is 2.40. The number of hydrogen-bond acceptors (Lipinski definition) is 3. The van der Waals surface area contributed by atoms with Crippen LogP contribution in [0.4, 0.5) is 0 Å². The van der Waals surface area contributed by atoms with Crippen molar-refractivity contribution in [3.8, 4) is 0 Å². The molecule has 2 aliphatic heterocycles. The lowest BCUT2D eigenvalue weighted by Crippen LogP contribution is -2.52. The van der Waals surface area contributed by atoms with Crippen LogP contribution < -0.4 is 5.32 Å². The predicted octanol–water partition coefficient (Wildman–Crippen LogP) is 2.49. The fourth-order valence-electron chi connectivity index (χ4n) is 3.97. The minimum atomic E-state index is 0.610. The van der Waals surface area contributed by atoms with Gasteiger partial charge in [-0.15, -0.1) is 0 Å². The summed E-state index contributed by atoms with van der Waals surface area (Å²) in [5.41, 5.74) is 0. The van der Waals surface area contributed by atoms with Gasteiger partial charge in [-0.3, -0.25) is 0 Å². The van der Waals surface area contributed by atoms with E-state index in [0.717, 1.165) is 18.1 Å². The molecule has 0 radical (unpaired) electrons. The number of nitrogens with zero attached hydrogens (tertiary/aromatic N) is 1. The minimum Gasteiger partial charge on any atom is -0.311 e. The van der Waals surface area contributed by atoms with Crippen LogP contribution in [0.3, 0.4) is 0 Å². The van der Waals surface area contributed by atoms with Gasteiger partial charge in [-0.2, -0.15) is 11.8 Å². The summed E-state index contributed by atoms with van der Waals surface area (Å²) in [6, 6.07) is 2.50. The molecule has 1 saturated carbocycles. The van der Waals surface area contributed by atoms with E-state index in [1.165, 1.54) is 51.5 Å². The van der Waals surface area contributed by atoms with Crippen LogP contribution in [0.1, 0.15) is 44.9 Å². The second-order valence-corrected chi connectivity index (χ2v) is 7.69. The quantitative estimate of drug-likeness (QED) is 0.830. The third-order valence-electron chi connectivity index (χ3n) is 5.31. The summed E-state index contributed by atoms with van der Waals surface area (Å²) in [6.45, 7) is 1.32. The maximum Gasteiger partial charge on any atom is 0.0284 e. The molecule has 0 aromatic carbocycles. The summed E-state index contributed by atoms with van der Waals surface area (Å²) in [6.07, 6.45) is 12.2. The van der Waals surface area contributed by atoms with Crippen molar-refractivity contribution in [2.75, 3.05) is 19.8 Å². The lowest BCUT2D eigenvalue weighted by atomic mass is 9.83. The molecule has 2 unspecified atom stereocenters. The zero-order chi connectivity index (χ0) is 11.9. The Balaban J connectivity index is 1.57. The molecule has 17 heavy (non-hydrogen) atoms. The topological polar surface area (TPSA) is 15.3 Å². The van der Waals surface area contributed by atoms with Crippen LogP contribution in [-0.2, 0) is 0 Å². The van der Waals surface area contributed by atoms with Crippen LogP contribution >= 0.6 is 11.8 Å². The molecule has 2 heterocycles. The molecule has 2 atom stereocenters. The molecular formula is C14H26N2S. The highest BCUT2D eigenvalue weighted by Crippen LogP contribution is 2.44. The Morgan fingerprint density at radius 1 is 1.24 bits per heavy atom. The number of hydrogen-bond donors (Lipinski definition) is 1. The highest BCUT2D eigenvalue weighted by molar-refractivity contribution is 8.00. The molecule has 0 spiro atoms. The maximum atomic E-state index is 3.75. The molecule has 0 amide bonds. The first kappa shape index (κ1) is 12.3. The Labute approximate surface area is 110 Å². The molecule has 2 bridgehead atoms. The second kappa shape index (κ2) is 4.75. The second-order valence-electron chi connectivity index (χ2n) is 6.42. The summed E-state index contributed by atoms with van der Waals surface area (Å²) in [5, 5.41) is 3.75. The largest absolute Gasteiger partial charge is 0.311 e. The molecule has 2 saturated heterocycles. The highest BCUT2D eigenvalue weighted by atomic mass is 32.2. The molecule has 3 heteroatoms. The predicted molar refractivity (Wildman–Crippen MR) is 75.7 cm³/mol. The molecule has 0 aromatic heterocycles. The lowest BCUT2D eigenvalue weighted by Gasteiger charge is -2.46. The zero-order valence-electron chi connectivity index (χ0n) is 11.2. The van der Waals surface area contributed by atoms with Crippen molar-refractivity contribution < 1.29 is 0 Å². The number of piperidine rings is 1. The summed E-state index contributed by atoms with van der Waals surface area (Å²) in [5.74, 6) is 0. The Bertz CT molecular complexity index is 260. The molecule has 98 valence electrons. The van der Waals surface area contributed by atoms with Crippen LogP contribution in [-0.4, -0.2) is 47.6 Å². The third kappa shape index (κ3) is 2.39. The SMILES string of the molecule is CSC1(CN(C)C2CC3CCC(C2)N3)CCC1. The van der Waals surface area contributed by atoms with Gasteiger partial charge < -0.3 is 10.2 Å². The van der Waals surface area contributed by atoms with E-state index >= 15 is 0 Å². The zero-order valence-corrected chi connectivity index (χ0v) is 12.1. The number of fused-ring (bicyclic) bond motifs is 2. The van der Waals surface area contributed by atoms with Crippen molar-refractivity contribution in [1.29, 1.82) is 0 Å². The molecule has 3 fully saturated rings. The summed E-state index contributed by atoms with van der Waals surface area (Å²) in [4.78, 5) is 2.68. The van der Waals surface area contributed by atoms with Crippen LogP contribution in [0.2, 0.25) is 0 Å². The van der Waals surface area contributed by atoms with Gasteiger partial charge in [0.2, 0.25) is 0 Å². The Morgan fingerprint density at radius 3 is 2.35 bits per heavy atom. The molecule has 3 aliphatic rings. The van der Waals surface area contributed by atoms with E-state index in [4.69, 9.17) is 0 Å². The fraction of sp³-hybridized carbons (Fsp3) is 1.00. The van der Waals surface area contributed by atoms with Gasteiger partial charge >= 0.3 is 0 Å².